The fraction of sp³-hybridized carbons (Fsp3) is 0.0714. The van der Waals surface area contributed by atoms with E-state index < -0.39 is 5.97 Å². The molecule has 0 saturated heterocycles. The highest BCUT2D eigenvalue weighted by Crippen LogP contribution is 2.16. The van der Waals surface area contributed by atoms with Crippen molar-refractivity contribution in [2.75, 3.05) is 0 Å². The number of carboxylic acids is 1. The zero-order chi connectivity index (χ0) is 13.9. The Bertz CT molecular complexity index is 717. The number of aromatic nitrogens is 3. The Balaban J connectivity index is 1.76. The molecule has 0 fully saturated rings. The number of hydrogen-bond donors (Lipinski definition) is 1. The molecule has 6 heteroatoms. The van der Waals surface area contributed by atoms with Gasteiger partial charge in [-0.15, -0.1) is 11.3 Å². The number of nitrogens with zero attached hydrogens (tertiary/aromatic N) is 3. The zero-order valence-corrected chi connectivity index (χ0v) is 11.2. The standard InChI is InChI=1S/C14H11N3O2S/c18-14(19)12-9-20-13(16-12)8-10-2-4-11(5-3-10)17-7-1-6-15-17/h1-7,9H,8H2,(H,18,19). The third kappa shape index (κ3) is 2.60. The van der Waals surface area contributed by atoms with E-state index in [9.17, 15) is 4.79 Å². The van der Waals surface area contributed by atoms with E-state index in [0.29, 0.717) is 6.42 Å². The van der Waals surface area contributed by atoms with Crippen LogP contribution in [0.25, 0.3) is 5.69 Å². The van der Waals surface area contributed by atoms with E-state index in [0.717, 1.165) is 16.3 Å². The molecule has 100 valence electrons. The van der Waals surface area contributed by atoms with Crippen LogP contribution in [0.2, 0.25) is 0 Å². The van der Waals surface area contributed by atoms with Crippen LogP contribution in [0.4, 0.5) is 0 Å². The number of aromatic carboxylic acids is 1. The predicted octanol–water partition coefficient (Wildman–Crippen LogP) is 2.62. The molecule has 0 atom stereocenters. The van der Waals surface area contributed by atoms with Crippen molar-refractivity contribution in [3.05, 3.63) is 64.4 Å². The summed E-state index contributed by atoms with van der Waals surface area (Å²) in [5.41, 5.74) is 2.19. The van der Waals surface area contributed by atoms with Crippen molar-refractivity contribution in [1.29, 1.82) is 0 Å². The molecular formula is C14H11N3O2S. The zero-order valence-electron chi connectivity index (χ0n) is 10.4. The highest BCUT2D eigenvalue weighted by atomic mass is 32.1. The minimum absolute atomic E-state index is 0.109. The Morgan fingerprint density at radius 1 is 1.30 bits per heavy atom. The fourth-order valence-electron chi connectivity index (χ4n) is 1.85. The molecule has 2 aromatic heterocycles. The van der Waals surface area contributed by atoms with Crippen LogP contribution in [0.1, 0.15) is 21.1 Å². The molecule has 3 rings (SSSR count). The summed E-state index contributed by atoms with van der Waals surface area (Å²) in [4.78, 5) is 14.9. The Morgan fingerprint density at radius 3 is 2.70 bits per heavy atom. The molecule has 0 aliphatic heterocycles. The van der Waals surface area contributed by atoms with Crippen molar-refractivity contribution >= 4 is 17.3 Å². The fourth-order valence-corrected chi connectivity index (χ4v) is 2.66. The highest BCUT2D eigenvalue weighted by molar-refractivity contribution is 7.09. The smallest absolute Gasteiger partial charge is 0.355 e. The van der Waals surface area contributed by atoms with Crippen LogP contribution in [-0.2, 0) is 6.42 Å². The molecule has 0 amide bonds. The monoisotopic (exact) mass is 285 g/mol. The van der Waals surface area contributed by atoms with Crippen molar-refractivity contribution in [2.45, 2.75) is 6.42 Å². The van der Waals surface area contributed by atoms with Crippen LogP contribution in [0.3, 0.4) is 0 Å². The summed E-state index contributed by atoms with van der Waals surface area (Å²) >= 11 is 1.37. The molecule has 0 radical (unpaired) electrons. The molecule has 20 heavy (non-hydrogen) atoms. The first kappa shape index (κ1) is 12.6. The van der Waals surface area contributed by atoms with Gasteiger partial charge in [-0.25, -0.2) is 14.5 Å². The van der Waals surface area contributed by atoms with Crippen LogP contribution in [0, 0.1) is 0 Å². The molecule has 5 nitrogen and oxygen atoms in total. The van der Waals surface area contributed by atoms with Gasteiger partial charge in [0.25, 0.3) is 0 Å². The first-order valence-electron chi connectivity index (χ1n) is 5.99. The number of rotatable bonds is 4. The van der Waals surface area contributed by atoms with E-state index in [1.165, 1.54) is 11.3 Å². The molecule has 3 aromatic rings. The Morgan fingerprint density at radius 2 is 2.10 bits per heavy atom. The van der Waals surface area contributed by atoms with Gasteiger partial charge >= 0.3 is 5.97 Å². The molecule has 0 bridgehead atoms. The first-order valence-corrected chi connectivity index (χ1v) is 6.87. The second-order valence-electron chi connectivity index (χ2n) is 4.23. The quantitative estimate of drug-likeness (QED) is 0.800. The molecule has 0 aliphatic rings. The van der Waals surface area contributed by atoms with Crippen LogP contribution >= 0.6 is 11.3 Å². The van der Waals surface area contributed by atoms with Crippen LogP contribution in [0.5, 0.6) is 0 Å². The van der Waals surface area contributed by atoms with Crippen molar-refractivity contribution in [3.63, 3.8) is 0 Å². The molecule has 1 N–H and O–H groups in total. The van der Waals surface area contributed by atoms with Gasteiger partial charge in [0.05, 0.1) is 10.7 Å². The summed E-state index contributed by atoms with van der Waals surface area (Å²) < 4.78 is 1.79. The summed E-state index contributed by atoms with van der Waals surface area (Å²) in [6.07, 6.45) is 4.25. The largest absolute Gasteiger partial charge is 0.476 e. The lowest BCUT2D eigenvalue weighted by atomic mass is 10.1. The second kappa shape index (κ2) is 5.26. The third-order valence-electron chi connectivity index (χ3n) is 2.83. The minimum atomic E-state index is -0.985. The normalized spacial score (nSPS) is 10.6. The Kier molecular flexibility index (Phi) is 3.30. The summed E-state index contributed by atoms with van der Waals surface area (Å²) in [6.45, 7) is 0. The highest BCUT2D eigenvalue weighted by Gasteiger charge is 2.09. The van der Waals surface area contributed by atoms with E-state index in [4.69, 9.17) is 5.11 Å². The maximum Gasteiger partial charge on any atom is 0.355 e. The van der Waals surface area contributed by atoms with Gasteiger partial charge in [-0.2, -0.15) is 5.10 Å². The average Bonchev–Trinajstić information content (AvgIpc) is 3.10. The lowest BCUT2D eigenvalue weighted by Gasteiger charge is -2.03. The van der Waals surface area contributed by atoms with Gasteiger partial charge in [-0.05, 0) is 23.8 Å². The number of carboxylic acid groups (broad SMARTS) is 1. The topological polar surface area (TPSA) is 68.0 Å². The van der Waals surface area contributed by atoms with Gasteiger partial charge in [-0.3, -0.25) is 0 Å². The molecule has 0 unspecified atom stereocenters. The number of hydrogen-bond acceptors (Lipinski definition) is 4. The molecular weight excluding hydrogens is 274 g/mol. The van der Waals surface area contributed by atoms with Crippen LogP contribution < -0.4 is 0 Å². The van der Waals surface area contributed by atoms with E-state index in [1.807, 2.05) is 36.5 Å². The predicted molar refractivity (Wildman–Crippen MR) is 75.4 cm³/mol. The molecule has 0 spiro atoms. The summed E-state index contributed by atoms with van der Waals surface area (Å²) in [5.74, 6) is -0.985. The number of thiazole rings is 1. The van der Waals surface area contributed by atoms with Gasteiger partial charge in [-0.1, -0.05) is 12.1 Å². The maximum atomic E-state index is 10.8. The van der Waals surface area contributed by atoms with Crippen molar-refractivity contribution in [2.24, 2.45) is 0 Å². The van der Waals surface area contributed by atoms with E-state index >= 15 is 0 Å². The average molecular weight is 285 g/mol. The molecule has 0 saturated carbocycles. The van der Waals surface area contributed by atoms with Crippen LogP contribution in [0.15, 0.2) is 48.1 Å². The minimum Gasteiger partial charge on any atom is -0.476 e. The van der Waals surface area contributed by atoms with Crippen molar-refractivity contribution in [1.82, 2.24) is 14.8 Å². The van der Waals surface area contributed by atoms with Gasteiger partial charge < -0.3 is 5.11 Å². The third-order valence-corrected chi connectivity index (χ3v) is 3.68. The van der Waals surface area contributed by atoms with E-state index in [2.05, 4.69) is 10.1 Å². The molecule has 0 aliphatic carbocycles. The lowest BCUT2D eigenvalue weighted by Crippen LogP contribution is -1.97. The maximum absolute atomic E-state index is 10.8. The van der Waals surface area contributed by atoms with Gasteiger partial charge in [0, 0.05) is 24.2 Å². The SMILES string of the molecule is O=C(O)c1csc(Cc2ccc(-n3cccn3)cc2)n1. The van der Waals surface area contributed by atoms with Gasteiger partial charge in [0.15, 0.2) is 5.69 Å². The van der Waals surface area contributed by atoms with Crippen molar-refractivity contribution in [3.8, 4) is 5.69 Å². The molecule has 2 heterocycles. The number of carbonyl (C=O) groups is 1. The van der Waals surface area contributed by atoms with Gasteiger partial charge in [0.2, 0.25) is 0 Å². The van der Waals surface area contributed by atoms with Crippen LogP contribution in [-0.4, -0.2) is 25.8 Å². The summed E-state index contributed by atoms with van der Waals surface area (Å²) in [7, 11) is 0. The van der Waals surface area contributed by atoms with Crippen molar-refractivity contribution < 1.29 is 9.90 Å². The Hall–Kier alpha value is -2.47. The summed E-state index contributed by atoms with van der Waals surface area (Å²) in [6, 6.07) is 9.83. The van der Waals surface area contributed by atoms with E-state index in [1.54, 1.807) is 16.3 Å². The Labute approximate surface area is 119 Å². The van der Waals surface area contributed by atoms with Gasteiger partial charge in [0.1, 0.15) is 0 Å². The second-order valence-corrected chi connectivity index (χ2v) is 5.17. The number of benzene rings is 1. The first-order chi connectivity index (χ1) is 9.72. The van der Waals surface area contributed by atoms with E-state index in [-0.39, 0.29) is 5.69 Å². The summed E-state index contributed by atoms with van der Waals surface area (Å²) in [5, 5.41) is 15.4. The lowest BCUT2D eigenvalue weighted by molar-refractivity contribution is 0.0691. The molecule has 1 aromatic carbocycles.